The fraction of sp³-hybridized carbons (Fsp3) is 0.300. The molecule has 0 radical (unpaired) electrons. The van der Waals surface area contributed by atoms with E-state index in [1.807, 2.05) is 42.2 Å². The molecule has 138 valence electrons. The zero-order valence-corrected chi connectivity index (χ0v) is 16.7. The molecule has 0 saturated carbocycles. The number of carbonyl (C=O) groups is 1. The van der Waals surface area contributed by atoms with Crippen molar-refractivity contribution in [2.75, 3.05) is 18.8 Å². The van der Waals surface area contributed by atoms with E-state index in [1.54, 1.807) is 11.3 Å². The Kier molecular flexibility index (Phi) is 5.50. The lowest BCUT2D eigenvalue weighted by Crippen LogP contribution is -2.29. The minimum atomic E-state index is 0.189. The van der Waals surface area contributed by atoms with Gasteiger partial charge in [0, 0.05) is 18.7 Å². The molecule has 1 aliphatic rings. The number of aryl methyl sites for hydroxylation is 1. The molecule has 1 fully saturated rings. The summed E-state index contributed by atoms with van der Waals surface area (Å²) in [5.74, 6) is 0.611. The average molecular weight is 397 g/mol. The van der Waals surface area contributed by atoms with E-state index < -0.39 is 0 Å². The molecule has 1 saturated heterocycles. The summed E-state index contributed by atoms with van der Waals surface area (Å²) in [6, 6.07) is 14.1. The van der Waals surface area contributed by atoms with Crippen LogP contribution < -0.4 is 0 Å². The summed E-state index contributed by atoms with van der Waals surface area (Å²) in [7, 11) is 0. The van der Waals surface area contributed by atoms with Gasteiger partial charge in [0.05, 0.1) is 16.3 Å². The second-order valence-electron chi connectivity index (χ2n) is 6.43. The Hall–Kier alpha value is -2.25. The highest BCUT2D eigenvalue weighted by Crippen LogP contribution is 2.34. The van der Waals surface area contributed by atoms with Gasteiger partial charge in [-0.1, -0.05) is 42.1 Å². The molecule has 0 N–H and O–H groups in total. The van der Waals surface area contributed by atoms with Crippen molar-refractivity contribution in [3.8, 4) is 21.1 Å². The fourth-order valence-corrected chi connectivity index (χ4v) is 4.80. The molecule has 4 rings (SSSR count). The van der Waals surface area contributed by atoms with Crippen molar-refractivity contribution in [2.24, 2.45) is 0 Å². The highest BCUT2D eigenvalue weighted by molar-refractivity contribution is 7.99. The van der Waals surface area contributed by atoms with Crippen LogP contribution in [-0.2, 0) is 4.79 Å². The van der Waals surface area contributed by atoms with Gasteiger partial charge in [-0.3, -0.25) is 4.79 Å². The van der Waals surface area contributed by atoms with Crippen LogP contribution in [0.4, 0.5) is 0 Å². The van der Waals surface area contributed by atoms with Crippen molar-refractivity contribution in [3.05, 3.63) is 48.2 Å². The maximum absolute atomic E-state index is 12.1. The number of rotatable bonds is 5. The maximum atomic E-state index is 12.1. The van der Waals surface area contributed by atoms with Gasteiger partial charge in [0.2, 0.25) is 5.91 Å². The summed E-state index contributed by atoms with van der Waals surface area (Å²) in [4.78, 5) is 19.8. The summed E-state index contributed by atoms with van der Waals surface area (Å²) < 4.78 is 0. The normalized spacial score (nSPS) is 13.9. The molecule has 1 aliphatic heterocycles. The van der Waals surface area contributed by atoms with Crippen LogP contribution in [0.15, 0.2) is 47.5 Å². The Labute approximate surface area is 166 Å². The van der Waals surface area contributed by atoms with Crippen LogP contribution in [0.2, 0.25) is 0 Å². The molecular weight excluding hydrogens is 376 g/mol. The van der Waals surface area contributed by atoms with E-state index in [0.717, 1.165) is 57.8 Å². The van der Waals surface area contributed by atoms with E-state index in [2.05, 4.69) is 27.3 Å². The Bertz CT molecular complexity index is 919. The number of benzene rings is 1. The van der Waals surface area contributed by atoms with E-state index in [0.29, 0.717) is 5.75 Å². The number of hydrogen-bond acceptors (Lipinski definition) is 6. The Morgan fingerprint density at radius 2 is 1.89 bits per heavy atom. The molecular formula is C20H20N4OS2. The van der Waals surface area contributed by atoms with Gasteiger partial charge >= 0.3 is 0 Å². The second-order valence-corrected chi connectivity index (χ2v) is 8.43. The molecule has 2 aromatic heterocycles. The van der Waals surface area contributed by atoms with E-state index >= 15 is 0 Å². The van der Waals surface area contributed by atoms with Crippen LogP contribution in [0.5, 0.6) is 0 Å². The first-order chi connectivity index (χ1) is 13.2. The van der Waals surface area contributed by atoms with Crippen LogP contribution in [0.1, 0.15) is 18.5 Å². The van der Waals surface area contributed by atoms with Crippen LogP contribution in [-0.4, -0.2) is 44.8 Å². The number of carbonyl (C=O) groups excluding carboxylic acids is 1. The van der Waals surface area contributed by atoms with E-state index in [9.17, 15) is 4.79 Å². The lowest BCUT2D eigenvalue weighted by atomic mass is 10.2. The molecule has 1 aromatic carbocycles. The first kappa shape index (κ1) is 18.1. The Morgan fingerprint density at radius 1 is 1.11 bits per heavy atom. The van der Waals surface area contributed by atoms with Gasteiger partial charge in [0.15, 0.2) is 0 Å². The fourth-order valence-electron chi connectivity index (χ4n) is 3.05. The van der Waals surface area contributed by atoms with Crippen molar-refractivity contribution in [1.82, 2.24) is 20.1 Å². The predicted octanol–water partition coefficient (Wildman–Crippen LogP) is 4.29. The third kappa shape index (κ3) is 4.20. The molecule has 3 aromatic rings. The first-order valence-electron chi connectivity index (χ1n) is 8.98. The zero-order valence-electron chi connectivity index (χ0n) is 15.1. The van der Waals surface area contributed by atoms with E-state index in [-0.39, 0.29) is 5.91 Å². The summed E-state index contributed by atoms with van der Waals surface area (Å²) in [5.41, 5.74) is 2.89. The summed E-state index contributed by atoms with van der Waals surface area (Å²) >= 11 is 3.07. The quantitative estimate of drug-likeness (QED) is 0.602. The summed E-state index contributed by atoms with van der Waals surface area (Å²) in [5, 5.41) is 10.4. The molecule has 0 atom stereocenters. The number of amides is 1. The Morgan fingerprint density at radius 3 is 2.59 bits per heavy atom. The molecule has 27 heavy (non-hydrogen) atoms. The Balaban J connectivity index is 1.44. The molecule has 3 heterocycles. The molecule has 1 amide bonds. The minimum absolute atomic E-state index is 0.189. The number of nitrogens with zero attached hydrogens (tertiary/aromatic N) is 4. The number of likely N-dealkylation sites (tertiary alicyclic amines) is 1. The zero-order chi connectivity index (χ0) is 18.6. The SMILES string of the molecule is Cc1nc(-c2ccccc2)sc1-c1ccc(SCC(=O)N2CCCC2)nn1. The van der Waals surface area contributed by atoms with Crippen molar-refractivity contribution in [2.45, 2.75) is 24.8 Å². The molecule has 0 aliphatic carbocycles. The highest BCUT2D eigenvalue weighted by Gasteiger charge is 2.18. The van der Waals surface area contributed by atoms with Gasteiger partial charge in [0.25, 0.3) is 0 Å². The summed E-state index contributed by atoms with van der Waals surface area (Å²) in [6.45, 7) is 3.77. The van der Waals surface area contributed by atoms with Crippen LogP contribution in [0, 0.1) is 6.92 Å². The topological polar surface area (TPSA) is 59.0 Å². The van der Waals surface area contributed by atoms with Crippen molar-refractivity contribution >= 4 is 29.0 Å². The van der Waals surface area contributed by atoms with Crippen molar-refractivity contribution < 1.29 is 4.79 Å². The van der Waals surface area contributed by atoms with Gasteiger partial charge in [-0.25, -0.2) is 4.98 Å². The van der Waals surface area contributed by atoms with Crippen molar-refractivity contribution in [1.29, 1.82) is 0 Å². The number of aromatic nitrogens is 3. The average Bonchev–Trinajstić information content (AvgIpc) is 3.37. The predicted molar refractivity (Wildman–Crippen MR) is 110 cm³/mol. The number of thioether (sulfide) groups is 1. The van der Waals surface area contributed by atoms with Crippen LogP contribution in [0.3, 0.4) is 0 Å². The molecule has 0 unspecified atom stereocenters. The molecule has 5 nitrogen and oxygen atoms in total. The first-order valence-corrected chi connectivity index (χ1v) is 10.8. The second kappa shape index (κ2) is 8.19. The lowest BCUT2D eigenvalue weighted by molar-refractivity contribution is -0.127. The lowest BCUT2D eigenvalue weighted by Gasteiger charge is -2.14. The monoisotopic (exact) mass is 396 g/mol. The number of hydrogen-bond donors (Lipinski definition) is 0. The molecule has 0 spiro atoms. The van der Waals surface area contributed by atoms with Gasteiger partial charge in [-0.15, -0.1) is 21.5 Å². The smallest absolute Gasteiger partial charge is 0.232 e. The van der Waals surface area contributed by atoms with Gasteiger partial charge < -0.3 is 4.90 Å². The highest BCUT2D eigenvalue weighted by atomic mass is 32.2. The van der Waals surface area contributed by atoms with Crippen LogP contribution >= 0.6 is 23.1 Å². The summed E-state index contributed by atoms with van der Waals surface area (Å²) in [6.07, 6.45) is 2.23. The number of thiazole rings is 1. The van der Waals surface area contributed by atoms with Gasteiger partial charge in [-0.2, -0.15) is 0 Å². The van der Waals surface area contributed by atoms with Crippen LogP contribution in [0.25, 0.3) is 21.1 Å². The van der Waals surface area contributed by atoms with Gasteiger partial charge in [-0.05, 0) is 31.9 Å². The van der Waals surface area contributed by atoms with E-state index in [4.69, 9.17) is 0 Å². The standard InChI is InChI=1S/C20H20N4OS2/c1-14-19(27-20(21-14)15-7-3-2-4-8-15)16-9-10-17(23-22-16)26-13-18(25)24-11-5-6-12-24/h2-4,7-10H,5-6,11-13H2,1H3. The van der Waals surface area contributed by atoms with E-state index in [1.165, 1.54) is 11.8 Å². The maximum Gasteiger partial charge on any atom is 0.232 e. The third-order valence-corrected chi connectivity index (χ3v) is 6.63. The minimum Gasteiger partial charge on any atom is -0.342 e. The molecule has 0 bridgehead atoms. The largest absolute Gasteiger partial charge is 0.342 e. The molecule has 7 heteroatoms. The van der Waals surface area contributed by atoms with Crippen molar-refractivity contribution in [3.63, 3.8) is 0 Å². The third-order valence-electron chi connectivity index (χ3n) is 4.49. The van der Waals surface area contributed by atoms with Gasteiger partial charge in [0.1, 0.15) is 15.7 Å².